The summed E-state index contributed by atoms with van der Waals surface area (Å²) in [7, 11) is 0. The molecule has 120 valence electrons. The van der Waals surface area contributed by atoms with Crippen molar-refractivity contribution in [1.29, 1.82) is 0 Å². The van der Waals surface area contributed by atoms with Gasteiger partial charge in [-0.3, -0.25) is 4.79 Å². The van der Waals surface area contributed by atoms with Crippen LogP contribution in [0.1, 0.15) is 33.6 Å². The Morgan fingerprint density at radius 2 is 1.90 bits per heavy atom. The molecule has 0 unspecified atom stereocenters. The number of ether oxygens (including phenoxy) is 1. The number of aliphatic carboxylic acids is 1. The SMILES string of the molecule is CCOC(=O)/C=C/C[C@@H](NC(=O)[C@H](O)CC(C)C)C(=O)O. The molecule has 3 N–H and O–H groups in total. The summed E-state index contributed by atoms with van der Waals surface area (Å²) in [5.41, 5.74) is 0. The Labute approximate surface area is 124 Å². The van der Waals surface area contributed by atoms with Gasteiger partial charge in [0.1, 0.15) is 12.1 Å². The Morgan fingerprint density at radius 1 is 1.29 bits per heavy atom. The van der Waals surface area contributed by atoms with E-state index in [-0.39, 0.29) is 25.4 Å². The third-order valence-corrected chi connectivity index (χ3v) is 2.52. The fraction of sp³-hybridized carbons (Fsp3) is 0.643. The number of esters is 1. The molecule has 0 radical (unpaired) electrons. The maximum Gasteiger partial charge on any atom is 0.330 e. The lowest BCUT2D eigenvalue weighted by Crippen LogP contribution is -2.45. The quantitative estimate of drug-likeness (QED) is 0.421. The standard InChI is InChI=1S/C14H23NO6/c1-4-21-12(17)7-5-6-10(14(19)20)15-13(18)11(16)8-9(2)3/h5,7,9-11,16H,4,6,8H2,1-3H3,(H,15,18)(H,19,20)/b7-5+/t10-,11-/m1/s1. The summed E-state index contributed by atoms with van der Waals surface area (Å²) in [5, 5.41) is 20.8. The molecule has 7 heteroatoms. The van der Waals surface area contributed by atoms with Gasteiger partial charge in [-0.1, -0.05) is 19.9 Å². The van der Waals surface area contributed by atoms with Crippen LogP contribution in [-0.4, -0.2) is 46.8 Å². The number of amides is 1. The molecule has 2 atom stereocenters. The van der Waals surface area contributed by atoms with E-state index in [1.165, 1.54) is 6.08 Å². The Hall–Kier alpha value is -1.89. The fourth-order valence-corrected chi connectivity index (χ4v) is 1.53. The van der Waals surface area contributed by atoms with E-state index in [0.29, 0.717) is 0 Å². The number of rotatable bonds is 9. The summed E-state index contributed by atoms with van der Waals surface area (Å²) in [6, 6.07) is -1.20. The molecule has 0 fully saturated rings. The maximum absolute atomic E-state index is 11.7. The van der Waals surface area contributed by atoms with Crippen LogP contribution in [0.25, 0.3) is 0 Å². The molecule has 0 aliphatic rings. The molecule has 0 rings (SSSR count). The lowest BCUT2D eigenvalue weighted by molar-refractivity contribution is -0.143. The minimum Gasteiger partial charge on any atom is -0.480 e. The summed E-state index contributed by atoms with van der Waals surface area (Å²) in [6.45, 7) is 5.56. The number of carboxylic acid groups (broad SMARTS) is 1. The van der Waals surface area contributed by atoms with Crippen molar-refractivity contribution < 1.29 is 29.3 Å². The summed E-state index contributed by atoms with van der Waals surface area (Å²) < 4.78 is 4.65. The van der Waals surface area contributed by atoms with Gasteiger partial charge in [0.05, 0.1) is 6.61 Å². The molecule has 0 aromatic heterocycles. The number of carboxylic acids is 1. The van der Waals surface area contributed by atoms with Crippen molar-refractivity contribution in [3.63, 3.8) is 0 Å². The zero-order valence-electron chi connectivity index (χ0n) is 12.5. The minimum absolute atomic E-state index is 0.0751. The molecule has 7 nitrogen and oxygen atoms in total. The van der Waals surface area contributed by atoms with Crippen molar-refractivity contribution in [2.45, 2.75) is 45.8 Å². The highest BCUT2D eigenvalue weighted by Gasteiger charge is 2.23. The summed E-state index contributed by atoms with van der Waals surface area (Å²) in [4.78, 5) is 33.7. The van der Waals surface area contributed by atoms with E-state index in [0.717, 1.165) is 6.08 Å². The Morgan fingerprint density at radius 3 is 2.38 bits per heavy atom. The van der Waals surface area contributed by atoms with Crippen molar-refractivity contribution >= 4 is 17.8 Å². The first kappa shape index (κ1) is 19.1. The van der Waals surface area contributed by atoms with Crippen LogP contribution in [0.3, 0.4) is 0 Å². The van der Waals surface area contributed by atoms with E-state index in [4.69, 9.17) is 5.11 Å². The zero-order valence-corrected chi connectivity index (χ0v) is 12.5. The summed E-state index contributed by atoms with van der Waals surface area (Å²) in [6.07, 6.45) is 1.34. The van der Waals surface area contributed by atoms with Gasteiger partial charge in [0.15, 0.2) is 0 Å². The third kappa shape index (κ3) is 8.80. The van der Waals surface area contributed by atoms with Gasteiger partial charge < -0.3 is 20.3 Å². The van der Waals surface area contributed by atoms with Gasteiger partial charge in [0.25, 0.3) is 0 Å². The number of carbonyl (C=O) groups is 3. The van der Waals surface area contributed by atoms with Crippen molar-refractivity contribution in [2.75, 3.05) is 6.61 Å². The van der Waals surface area contributed by atoms with E-state index in [1.54, 1.807) is 6.92 Å². The first-order valence-corrected chi connectivity index (χ1v) is 6.82. The number of aliphatic hydroxyl groups excluding tert-OH is 1. The van der Waals surface area contributed by atoms with Crippen molar-refractivity contribution in [3.05, 3.63) is 12.2 Å². The topological polar surface area (TPSA) is 113 Å². The molecule has 0 bridgehead atoms. The predicted octanol–water partition coefficient (Wildman–Crippen LogP) is 0.472. The lowest BCUT2D eigenvalue weighted by atomic mass is 10.0. The Bertz CT molecular complexity index is 391. The normalized spacial score (nSPS) is 14.0. The van der Waals surface area contributed by atoms with Crippen molar-refractivity contribution in [1.82, 2.24) is 5.32 Å². The monoisotopic (exact) mass is 301 g/mol. The third-order valence-electron chi connectivity index (χ3n) is 2.52. The van der Waals surface area contributed by atoms with Crippen molar-refractivity contribution in [3.8, 4) is 0 Å². The zero-order chi connectivity index (χ0) is 16.4. The predicted molar refractivity (Wildman–Crippen MR) is 75.4 cm³/mol. The molecular formula is C14H23NO6. The molecule has 0 heterocycles. The lowest BCUT2D eigenvalue weighted by Gasteiger charge is -2.17. The Balaban J connectivity index is 4.46. The number of carbonyl (C=O) groups excluding carboxylic acids is 2. The highest BCUT2D eigenvalue weighted by Crippen LogP contribution is 2.05. The van der Waals surface area contributed by atoms with Gasteiger partial charge >= 0.3 is 11.9 Å². The highest BCUT2D eigenvalue weighted by atomic mass is 16.5. The smallest absolute Gasteiger partial charge is 0.330 e. The molecule has 0 saturated carbocycles. The Kier molecular flexibility index (Phi) is 9.03. The van der Waals surface area contributed by atoms with Gasteiger partial charge in [0, 0.05) is 6.08 Å². The van der Waals surface area contributed by atoms with E-state index >= 15 is 0 Å². The summed E-state index contributed by atoms with van der Waals surface area (Å²) >= 11 is 0. The van der Waals surface area contributed by atoms with Crippen LogP contribution < -0.4 is 5.32 Å². The number of hydrogen-bond acceptors (Lipinski definition) is 5. The first-order valence-electron chi connectivity index (χ1n) is 6.82. The van der Waals surface area contributed by atoms with Crippen LogP contribution in [0.4, 0.5) is 0 Å². The molecule has 0 aliphatic carbocycles. The van der Waals surface area contributed by atoms with Crippen molar-refractivity contribution in [2.24, 2.45) is 5.92 Å². The van der Waals surface area contributed by atoms with Crippen LogP contribution in [0.2, 0.25) is 0 Å². The van der Waals surface area contributed by atoms with E-state index in [2.05, 4.69) is 10.1 Å². The molecule has 0 aromatic carbocycles. The van der Waals surface area contributed by atoms with E-state index in [1.807, 2.05) is 13.8 Å². The number of hydrogen-bond donors (Lipinski definition) is 3. The maximum atomic E-state index is 11.7. The van der Waals surface area contributed by atoms with Gasteiger partial charge in [-0.05, 0) is 25.7 Å². The fourth-order valence-electron chi connectivity index (χ4n) is 1.53. The second-order valence-electron chi connectivity index (χ2n) is 4.93. The highest BCUT2D eigenvalue weighted by molar-refractivity contribution is 5.86. The second-order valence-corrected chi connectivity index (χ2v) is 4.93. The van der Waals surface area contributed by atoms with Crippen LogP contribution in [0.15, 0.2) is 12.2 Å². The van der Waals surface area contributed by atoms with E-state index < -0.39 is 30.0 Å². The minimum atomic E-state index is -1.25. The second kappa shape index (κ2) is 9.93. The molecule has 0 spiro atoms. The van der Waals surface area contributed by atoms with Crippen LogP contribution >= 0.6 is 0 Å². The molecule has 0 aliphatic heterocycles. The average molecular weight is 301 g/mol. The molecule has 1 amide bonds. The number of aliphatic hydroxyl groups is 1. The largest absolute Gasteiger partial charge is 0.480 e. The van der Waals surface area contributed by atoms with Crippen LogP contribution in [-0.2, 0) is 19.1 Å². The van der Waals surface area contributed by atoms with Crippen LogP contribution in [0, 0.1) is 5.92 Å². The van der Waals surface area contributed by atoms with Gasteiger partial charge in [-0.2, -0.15) is 0 Å². The van der Waals surface area contributed by atoms with Gasteiger partial charge in [-0.25, -0.2) is 9.59 Å². The first-order chi connectivity index (χ1) is 9.77. The van der Waals surface area contributed by atoms with Gasteiger partial charge in [-0.15, -0.1) is 0 Å². The summed E-state index contributed by atoms with van der Waals surface area (Å²) in [5.74, 6) is -2.44. The van der Waals surface area contributed by atoms with Gasteiger partial charge in [0.2, 0.25) is 5.91 Å². The molecule has 0 saturated heterocycles. The molecule has 21 heavy (non-hydrogen) atoms. The molecule has 0 aromatic rings. The van der Waals surface area contributed by atoms with Crippen LogP contribution in [0.5, 0.6) is 0 Å². The van der Waals surface area contributed by atoms with E-state index in [9.17, 15) is 19.5 Å². The molecular weight excluding hydrogens is 278 g/mol. The number of nitrogens with one attached hydrogen (secondary N) is 1. The average Bonchev–Trinajstić information content (AvgIpc) is 2.36.